The normalized spacial score (nSPS) is 13.6. The first-order valence-corrected chi connectivity index (χ1v) is 9.87. The Morgan fingerprint density at radius 3 is 2.62 bits per heavy atom. The van der Waals surface area contributed by atoms with Gasteiger partial charge in [0.15, 0.2) is 12.1 Å². The first-order valence-electron chi connectivity index (χ1n) is 9.87. The van der Waals surface area contributed by atoms with Gasteiger partial charge in [0.1, 0.15) is 11.5 Å². The molecular weight excluding hydrogens is 366 g/mol. The summed E-state index contributed by atoms with van der Waals surface area (Å²) in [6.45, 7) is 12.0. The van der Waals surface area contributed by atoms with Gasteiger partial charge in [-0.15, -0.1) is 0 Å². The Labute approximate surface area is 173 Å². The van der Waals surface area contributed by atoms with Gasteiger partial charge >= 0.3 is 0 Å². The van der Waals surface area contributed by atoms with Crippen LogP contribution in [0.1, 0.15) is 50.7 Å². The quantitative estimate of drug-likeness (QED) is 0.331. The molecule has 0 saturated heterocycles. The Morgan fingerprint density at radius 1 is 1.38 bits per heavy atom. The maximum Gasteiger partial charge on any atom is 0.185 e. The fourth-order valence-corrected chi connectivity index (χ4v) is 3.38. The molecule has 0 amide bonds. The number of phenolic OH excluding ortho intramolecular Hbond substituents is 1. The van der Waals surface area contributed by atoms with Crippen LogP contribution in [-0.4, -0.2) is 42.3 Å². The second kappa shape index (κ2) is 10.1. The minimum absolute atomic E-state index is 0.000245. The van der Waals surface area contributed by atoms with Gasteiger partial charge in [0.2, 0.25) is 0 Å². The summed E-state index contributed by atoms with van der Waals surface area (Å²) in [5.41, 5.74) is 3.86. The van der Waals surface area contributed by atoms with Gasteiger partial charge in [0, 0.05) is 23.9 Å². The zero-order valence-corrected chi connectivity index (χ0v) is 17.7. The molecule has 1 aromatic rings. The van der Waals surface area contributed by atoms with E-state index >= 15 is 0 Å². The van der Waals surface area contributed by atoms with Crippen LogP contribution >= 0.6 is 0 Å². The third kappa shape index (κ3) is 5.15. The first-order chi connectivity index (χ1) is 13.8. The number of nitrogens with zero attached hydrogens (tertiary/aromatic N) is 1. The highest BCUT2D eigenvalue weighted by Gasteiger charge is 2.24. The number of aldehydes is 1. The molecule has 0 bridgehead atoms. The van der Waals surface area contributed by atoms with Crippen molar-refractivity contribution in [2.75, 3.05) is 20.2 Å². The molecule has 0 unspecified atom stereocenters. The number of hydrogen-bond acceptors (Lipinski definition) is 5. The molecule has 0 heterocycles. The van der Waals surface area contributed by atoms with E-state index in [1.165, 1.54) is 10.5 Å². The summed E-state index contributed by atoms with van der Waals surface area (Å²) in [7, 11) is 1.56. The fraction of sp³-hybridized carbons (Fsp3) is 0.391. The molecule has 0 atom stereocenters. The van der Waals surface area contributed by atoms with Gasteiger partial charge in [0.25, 0.3) is 0 Å². The van der Waals surface area contributed by atoms with E-state index in [1.54, 1.807) is 13.2 Å². The second-order valence-corrected chi connectivity index (χ2v) is 7.31. The van der Waals surface area contributed by atoms with Crippen molar-refractivity contribution in [2.24, 2.45) is 0 Å². The summed E-state index contributed by atoms with van der Waals surface area (Å²) in [5.74, 6) is 0.548. The highest BCUT2D eigenvalue weighted by atomic mass is 16.5. The molecule has 0 radical (unpaired) electrons. The Kier molecular flexibility index (Phi) is 7.79. The standard InChI is InChI=1S/C23H31N3O3/c1-6-25-13-17-7-9-18(10-8-17)26(23(24)14-27)16(4)20-11-19(15(2)3)22(29-5)12-21(20)28/h7,9,11-12,14-15,24-25,28H,4,6,8,10,13H2,1-3,5H3. The van der Waals surface area contributed by atoms with E-state index in [9.17, 15) is 9.90 Å². The van der Waals surface area contributed by atoms with E-state index in [4.69, 9.17) is 10.1 Å². The van der Waals surface area contributed by atoms with Crippen LogP contribution in [0.5, 0.6) is 11.5 Å². The fourth-order valence-electron chi connectivity index (χ4n) is 3.38. The number of rotatable bonds is 9. The number of methoxy groups -OCH3 is 1. The number of amidine groups is 1. The highest BCUT2D eigenvalue weighted by Crippen LogP contribution is 2.38. The Balaban J connectivity index is 2.44. The molecule has 156 valence electrons. The molecule has 6 heteroatoms. The van der Waals surface area contributed by atoms with Crippen molar-refractivity contribution in [1.29, 1.82) is 5.41 Å². The zero-order chi connectivity index (χ0) is 21.6. The molecule has 29 heavy (non-hydrogen) atoms. The lowest BCUT2D eigenvalue weighted by Gasteiger charge is -2.30. The van der Waals surface area contributed by atoms with Crippen LogP contribution in [0.25, 0.3) is 5.70 Å². The molecule has 2 rings (SSSR count). The van der Waals surface area contributed by atoms with E-state index in [0.717, 1.165) is 30.8 Å². The Morgan fingerprint density at radius 2 is 2.10 bits per heavy atom. The smallest absolute Gasteiger partial charge is 0.185 e. The minimum atomic E-state index is -0.217. The van der Waals surface area contributed by atoms with Gasteiger partial charge < -0.3 is 15.2 Å². The predicted molar refractivity (Wildman–Crippen MR) is 117 cm³/mol. The van der Waals surface area contributed by atoms with Gasteiger partial charge in [-0.05, 0) is 43.0 Å². The molecule has 0 saturated carbocycles. The summed E-state index contributed by atoms with van der Waals surface area (Å²) >= 11 is 0. The number of phenols is 1. The SMILES string of the molecule is C=C(c1cc(C(C)C)c(OC)cc1O)N(C(=N)C=O)C1=CC=C(CNCC)CC1. The van der Waals surface area contributed by atoms with E-state index < -0.39 is 0 Å². The number of likely N-dealkylation sites (N-methyl/N-ethyl adjacent to an activating group) is 1. The van der Waals surface area contributed by atoms with Crippen LogP contribution in [0.4, 0.5) is 0 Å². The Bertz CT molecular complexity index is 853. The maximum absolute atomic E-state index is 11.4. The van der Waals surface area contributed by atoms with Gasteiger partial charge in [0.05, 0.1) is 12.8 Å². The van der Waals surface area contributed by atoms with Crippen molar-refractivity contribution in [3.63, 3.8) is 0 Å². The molecule has 0 aromatic heterocycles. The largest absolute Gasteiger partial charge is 0.507 e. The zero-order valence-electron chi connectivity index (χ0n) is 17.7. The monoisotopic (exact) mass is 397 g/mol. The molecule has 0 fully saturated rings. The number of benzene rings is 1. The van der Waals surface area contributed by atoms with Crippen molar-refractivity contribution in [3.8, 4) is 11.5 Å². The average Bonchev–Trinajstić information content (AvgIpc) is 2.72. The number of allylic oxidation sites excluding steroid dienone is 3. The third-order valence-corrected chi connectivity index (χ3v) is 5.01. The molecule has 1 aliphatic rings. The Hall–Kier alpha value is -2.86. The van der Waals surface area contributed by atoms with Crippen LogP contribution in [-0.2, 0) is 4.79 Å². The number of nitrogens with one attached hydrogen (secondary N) is 2. The summed E-state index contributed by atoms with van der Waals surface area (Å²) in [4.78, 5) is 13.0. The van der Waals surface area contributed by atoms with Crippen molar-refractivity contribution in [1.82, 2.24) is 10.2 Å². The maximum atomic E-state index is 11.4. The number of hydrogen-bond donors (Lipinski definition) is 3. The van der Waals surface area contributed by atoms with Gasteiger partial charge in [-0.1, -0.05) is 39.0 Å². The lowest BCUT2D eigenvalue weighted by atomic mass is 9.96. The first kappa shape index (κ1) is 22.4. The van der Waals surface area contributed by atoms with E-state index in [0.29, 0.717) is 29.7 Å². The van der Waals surface area contributed by atoms with Crippen molar-refractivity contribution < 1.29 is 14.6 Å². The van der Waals surface area contributed by atoms with Gasteiger partial charge in [-0.3, -0.25) is 15.1 Å². The molecule has 0 spiro atoms. The third-order valence-electron chi connectivity index (χ3n) is 5.01. The summed E-state index contributed by atoms with van der Waals surface area (Å²) in [6.07, 6.45) is 5.95. The molecule has 1 aliphatic carbocycles. The highest BCUT2D eigenvalue weighted by molar-refractivity contribution is 6.27. The second-order valence-electron chi connectivity index (χ2n) is 7.31. The van der Waals surface area contributed by atoms with Crippen LogP contribution in [0.3, 0.4) is 0 Å². The van der Waals surface area contributed by atoms with Crippen LogP contribution in [0.2, 0.25) is 0 Å². The van der Waals surface area contributed by atoms with Gasteiger partial charge in [-0.2, -0.15) is 0 Å². The molecule has 3 N–H and O–H groups in total. The van der Waals surface area contributed by atoms with E-state index in [-0.39, 0.29) is 17.5 Å². The summed E-state index contributed by atoms with van der Waals surface area (Å²) in [6, 6.07) is 3.38. The molecular formula is C23H31N3O3. The lowest BCUT2D eigenvalue weighted by molar-refractivity contribution is -0.103. The number of carbonyl (C=O) groups excluding carboxylic acids is 1. The lowest BCUT2D eigenvalue weighted by Crippen LogP contribution is -2.30. The molecule has 0 aliphatic heterocycles. The van der Waals surface area contributed by atoms with Crippen LogP contribution in [0, 0.1) is 5.41 Å². The van der Waals surface area contributed by atoms with E-state index in [2.05, 4.69) is 18.8 Å². The minimum Gasteiger partial charge on any atom is -0.507 e. The van der Waals surface area contributed by atoms with Crippen molar-refractivity contribution >= 4 is 17.8 Å². The van der Waals surface area contributed by atoms with Crippen LogP contribution < -0.4 is 10.1 Å². The molecule has 6 nitrogen and oxygen atoms in total. The molecule has 1 aromatic carbocycles. The number of ether oxygens (including phenoxy) is 1. The number of carbonyl (C=O) groups is 1. The predicted octanol–water partition coefficient (Wildman–Crippen LogP) is 4.19. The summed E-state index contributed by atoms with van der Waals surface area (Å²) in [5, 5.41) is 22.1. The average molecular weight is 398 g/mol. The van der Waals surface area contributed by atoms with Crippen molar-refractivity contribution in [3.05, 3.63) is 53.3 Å². The summed E-state index contributed by atoms with van der Waals surface area (Å²) < 4.78 is 5.38. The number of aromatic hydroxyl groups is 1. The topological polar surface area (TPSA) is 85.7 Å². The van der Waals surface area contributed by atoms with Gasteiger partial charge in [-0.25, -0.2) is 0 Å². The van der Waals surface area contributed by atoms with Crippen molar-refractivity contribution in [2.45, 2.75) is 39.5 Å². The van der Waals surface area contributed by atoms with E-state index in [1.807, 2.05) is 32.1 Å². The van der Waals surface area contributed by atoms with Crippen LogP contribution in [0.15, 0.2) is 42.1 Å².